The van der Waals surface area contributed by atoms with Gasteiger partial charge in [0.2, 0.25) is 0 Å². The van der Waals surface area contributed by atoms with Crippen molar-refractivity contribution in [1.29, 1.82) is 0 Å². The molecule has 0 radical (unpaired) electrons. The lowest BCUT2D eigenvalue weighted by atomic mass is 10.0. The Balaban J connectivity index is 2.00. The summed E-state index contributed by atoms with van der Waals surface area (Å²) in [6.45, 7) is 0. The largest absolute Gasteiger partial charge is 0.389 e. The van der Waals surface area contributed by atoms with Crippen LogP contribution >= 0.6 is 0 Å². The van der Waals surface area contributed by atoms with Crippen molar-refractivity contribution in [2.45, 2.75) is 43.2 Å². The number of rotatable bonds is 0. The summed E-state index contributed by atoms with van der Waals surface area (Å²) < 4.78 is 5.64. The van der Waals surface area contributed by atoms with Gasteiger partial charge in [-0.2, -0.15) is 0 Å². The molecule has 0 aromatic heterocycles. The lowest BCUT2D eigenvalue weighted by molar-refractivity contribution is -0.0758. The van der Waals surface area contributed by atoms with Crippen LogP contribution in [0.5, 0.6) is 0 Å². The molecule has 0 amide bonds. The number of aliphatic hydroxyl groups is 1. The topological polar surface area (TPSA) is 32.7 Å². The Bertz CT molecular complexity index is 175. The van der Waals surface area contributed by atoms with Gasteiger partial charge in [-0.05, 0) is 19.9 Å². The van der Waals surface area contributed by atoms with Crippen LogP contribution in [0.3, 0.4) is 0 Å². The van der Waals surface area contributed by atoms with Crippen LogP contribution in [-0.2, 0) is 4.74 Å². The minimum Gasteiger partial charge on any atom is -0.389 e. The van der Waals surface area contributed by atoms with Crippen LogP contribution in [0.25, 0.3) is 0 Å². The Morgan fingerprint density at radius 1 is 1.36 bits per heavy atom. The quantitative estimate of drug-likeness (QED) is 0.516. The molecule has 4 rings (SSSR count). The minimum atomic E-state index is -0.219. The second-order valence-corrected chi connectivity index (χ2v) is 3.98. The van der Waals surface area contributed by atoms with E-state index in [2.05, 4.69) is 11.9 Å². The van der Waals surface area contributed by atoms with Gasteiger partial charge in [-0.15, -0.1) is 0 Å². The van der Waals surface area contributed by atoms with E-state index in [1.54, 1.807) is 0 Å². The van der Waals surface area contributed by atoms with Gasteiger partial charge < -0.3 is 9.84 Å². The van der Waals surface area contributed by atoms with E-state index in [9.17, 15) is 5.11 Å². The first-order valence-electron chi connectivity index (χ1n) is 4.33. The van der Waals surface area contributed by atoms with Gasteiger partial charge in [-0.3, -0.25) is 4.90 Å². The van der Waals surface area contributed by atoms with E-state index in [1.807, 2.05) is 0 Å². The number of piperidine rings is 1. The molecular formula is C8H13NO2. The molecular weight excluding hydrogens is 142 g/mol. The van der Waals surface area contributed by atoms with E-state index in [1.165, 1.54) is 0 Å². The van der Waals surface area contributed by atoms with Crippen molar-refractivity contribution < 1.29 is 9.84 Å². The number of hydrogen-bond acceptors (Lipinski definition) is 3. The molecule has 0 spiro atoms. The predicted octanol–water partition coefficient (Wildman–Crippen LogP) is -0.409. The molecule has 3 heteroatoms. The van der Waals surface area contributed by atoms with Crippen LogP contribution in [0.1, 0.15) is 12.8 Å². The molecule has 5 atom stereocenters. The number of nitrogens with zero attached hydrogens (tertiary/aromatic N) is 1. The summed E-state index contributed by atoms with van der Waals surface area (Å²) in [5.74, 6) is 0. The highest BCUT2D eigenvalue weighted by Crippen LogP contribution is 2.44. The van der Waals surface area contributed by atoms with Gasteiger partial charge in [0.25, 0.3) is 0 Å². The molecule has 11 heavy (non-hydrogen) atoms. The summed E-state index contributed by atoms with van der Waals surface area (Å²) >= 11 is 0. The van der Waals surface area contributed by atoms with Crippen molar-refractivity contribution in [2.75, 3.05) is 7.05 Å². The van der Waals surface area contributed by atoms with Gasteiger partial charge in [-0.1, -0.05) is 0 Å². The summed E-state index contributed by atoms with van der Waals surface area (Å²) in [7, 11) is 2.10. The summed E-state index contributed by atoms with van der Waals surface area (Å²) in [6.07, 6.45) is 2.53. The fourth-order valence-electron chi connectivity index (χ4n) is 2.91. The van der Waals surface area contributed by atoms with Crippen LogP contribution in [0, 0.1) is 0 Å². The van der Waals surface area contributed by atoms with E-state index < -0.39 is 0 Å². The molecule has 0 aromatic rings. The molecule has 4 bridgehead atoms. The number of ether oxygens (including phenoxy) is 1. The second kappa shape index (κ2) is 1.79. The summed E-state index contributed by atoms with van der Waals surface area (Å²) in [5, 5.41) is 9.71. The Labute approximate surface area is 65.9 Å². The van der Waals surface area contributed by atoms with Gasteiger partial charge >= 0.3 is 0 Å². The molecule has 4 heterocycles. The van der Waals surface area contributed by atoms with Gasteiger partial charge in [0.1, 0.15) is 6.10 Å². The van der Waals surface area contributed by atoms with E-state index in [-0.39, 0.29) is 12.2 Å². The van der Waals surface area contributed by atoms with Gasteiger partial charge in [0.15, 0.2) is 0 Å². The fraction of sp³-hybridized carbons (Fsp3) is 1.00. The van der Waals surface area contributed by atoms with Crippen LogP contribution in [0.4, 0.5) is 0 Å². The average molecular weight is 155 g/mol. The van der Waals surface area contributed by atoms with E-state index in [0.717, 1.165) is 12.8 Å². The lowest BCUT2D eigenvalue weighted by Crippen LogP contribution is -2.44. The third-order valence-electron chi connectivity index (χ3n) is 3.51. The summed E-state index contributed by atoms with van der Waals surface area (Å²) in [4.78, 5) is 2.29. The van der Waals surface area contributed by atoms with Crippen LogP contribution in [0.2, 0.25) is 0 Å². The minimum absolute atomic E-state index is 0.128. The fourth-order valence-corrected chi connectivity index (χ4v) is 2.91. The van der Waals surface area contributed by atoms with Crippen molar-refractivity contribution in [2.24, 2.45) is 0 Å². The highest BCUT2D eigenvalue weighted by Gasteiger charge is 2.57. The number of aliphatic hydroxyl groups excluding tert-OH is 1. The zero-order valence-corrected chi connectivity index (χ0v) is 6.60. The molecule has 3 nitrogen and oxygen atoms in total. The molecule has 0 aromatic carbocycles. The average Bonchev–Trinajstić information content (AvgIpc) is 2.39. The first kappa shape index (κ1) is 6.40. The van der Waals surface area contributed by atoms with E-state index in [0.29, 0.717) is 18.2 Å². The van der Waals surface area contributed by atoms with Gasteiger partial charge in [-0.25, -0.2) is 0 Å². The molecule has 0 unspecified atom stereocenters. The van der Waals surface area contributed by atoms with Gasteiger partial charge in [0, 0.05) is 12.1 Å². The van der Waals surface area contributed by atoms with Crippen LogP contribution < -0.4 is 0 Å². The maximum atomic E-state index is 9.71. The number of likely N-dealkylation sites (N-methyl/N-ethyl adjacent to an activating group) is 1. The molecule has 0 saturated carbocycles. The smallest absolute Gasteiger partial charge is 0.101 e. The highest BCUT2D eigenvalue weighted by atomic mass is 16.5. The first-order valence-corrected chi connectivity index (χ1v) is 4.33. The van der Waals surface area contributed by atoms with E-state index >= 15 is 0 Å². The maximum Gasteiger partial charge on any atom is 0.101 e. The molecule has 4 aliphatic heterocycles. The molecule has 4 aliphatic rings. The normalized spacial score (nSPS) is 61.1. The van der Waals surface area contributed by atoms with Crippen molar-refractivity contribution in [3.05, 3.63) is 0 Å². The van der Waals surface area contributed by atoms with Crippen molar-refractivity contribution >= 4 is 0 Å². The van der Waals surface area contributed by atoms with Crippen molar-refractivity contribution in [3.8, 4) is 0 Å². The molecule has 1 N–H and O–H groups in total. The van der Waals surface area contributed by atoms with Crippen LogP contribution in [0.15, 0.2) is 0 Å². The van der Waals surface area contributed by atoms with Crippen molar-refractivity contribution in [3.63, 3.8) is 0 Å². The Morgan fingerprint density at radius 3 is 2.73 bits per heavy atom. The van der Waals surface area contributed by atoms with Crippen LogP contribution in [-0.4, -0.2) is 47.4 Å². The monoisotopic (exact) mass is 155 g/mol. The zero-order valence-electron chi connectivity index (χ0n) is 6.60. The SMILES string of the molecule is CN1[C@@H]2C[C@H]3C[C@H]1[C@@H](O3)[C@H]2O. The zero-order chi connectivity index (χ0) is 7.59. The molecule has 62 valence electrons. The summed E-state index contributed by atoms with van der Waals surface area (Å²) in [6, 6.07) is 0.895. The predicted molar refractivity (Wildman–Crippen MR) is 39.2 cm³/mol. The maximum absolute atomic E-state index is 9.71. The van der Waals surface area contributed by atoms with Gasteiger partial charge in [0.05, 0.1) is 12.2 Å². The first-order chi connectivity index (χ1) is 5.27. The Hall–Kier alpha value is -0.120. The third kappa shape index (κ3) is 0.604. The standard InChI is InChI=1S/C8H13NO2/c1-9-5-2-4-3-6(9)8(11-4)7(5)10/h4-8,10H,2-3H2,1H3/t4-,5+,6-,7-,8+/m0/s1. The molecule has 4 saturated heterocycles. The molecule has 0 aliphatic carbocycles. The molecule has 4 fully saturated rings. The Morgan fingerprint density at radius 2 is 2.09 bits per heavy atom. The second-order valence-electron chi connectivity index (χ2n) is 3.98. The number of hydrogen-bond donors (Lipinski definition) is 1. The lowest BCUT2D eigenvalue weighted by Gasteiger charge is -2.33. The highest BCUT2D eigenvalue weighted by molar-refractivity contribution is 5.10. The third-order valence-corrected chi connectivity index (χ3v) is 3.51. The van der Waals surface area contributed by atoms with Crippen molar-refractivity contribution in [1.82, 2.24) is 4.90 Å². The van der Waals surface area contributed by atoms with E-state index in [4.69, 9.17) is 4.74 Å². The summed E-state index contributed by atoms with van der Waals surface area (Å²) in [5.41, 5.74) is 0. The Kier molecular flexibility index (Phi) is 1.04.